The van der Waals surface area contributed by atoms with Crippen LogP contribution in [0.2, 0.25) is 0 Å². The average Bonchev–Trinajstić information content (AvgIpc) is 2.01. The van der Waals surface area contributed by atoms with Crippen molar-refractivity contribution < 1.29 is 16.8 Å². The first-order valence-corrected chi connectivity index (χ1v) is 7.36. The molecule has 0 saturated carbocycles. The number of hydrogen-bond acceptors (Lipinski definition) is 5. The smallest absolute Gasteiger partial charge is 0.192 e. The lowest BCUT2D eigenvalue weighted by Gasteiger charge is -2.00. The van der Waals surface area contributed by atoms with Gasteiger partial charge in [0.1, 0.15) is 0 Å². The number of sulfone groups is 2. The Morgan fingerprint density at radius 3 is 2.07 bits per heavy atom. The second-order valence-electron chi connectivity index (χ2n) is 2.87. The average molecular weight is 235 g/mol. The van der Waals surface area contributed by atoms with Crippen molar-refractivity contribution in [3.8, 4) is 0 Å². The summed E-state index contributed by atoms with van der Waals surface area (Å²) in [6.45, 7) is 0. The number of aromatic nitrogens is 1. The molecular formula is C7H9NO4S2. The highest BCUT2D eigenvalue weighted by atomic mass is 32.2. The first-order valence-electron chi connectivity index (χ1n) is 3.57. The van der Waals surface area contributed by atoms with Crippen LogP contribution in [0, 0.1) is 0 Å². The van der Waals surface area contributed by atoms with E-state index in [1.54, 1.807) is 0 Å². The minimum absolute atomic E-state index is 0.0482. The molecule has 0 atom stereocenters. The molecular weight excluding hydrogens is 226 g/mol. The van der Waals surface area contributed by atoms with Gasteiger partial charge < -0.3 is 0 Å². The highest BCUT2D eigenvalue weighted by molar-refractivity contribution is 7.91. The molecule has 5 nitrogen and oxygen atoms in total. The molecule has 0 amide bonds. The van der Waals surface area contributed by atoms with E-state index in [2.05, 4.69) is 4.98 Å². The van der Waals surface area contributed by atoms with Crippen LogP contribution in [0.15, 0.2) is 28.3 Å². The number of pyridine rings is 1. The van der Waals surface area contributed by atoms with Crippen molar-refractivity contribution in [1.29, 1.82) is 0 Å². The number of hydrogen-bond donors (Lipinski definition) is 0. The third-order valence-corrected chi connectivity index (χ3v) is 3.61. The minimum atomic E-state index is -3.46. The second-order valence-corrected chi connectivity index (χ2v) is 6.85. The molecule has 7 heteroatoms. The molecule has 0 saturated heterocycles. The van der Waals surface area contributed by atoms with Crippen molar-refractivity contribution in [1.82, 2.24) is 4.98 Å². The summed E-state index contributed by atoms with van der Waals surface area (Å²) in [5, 5.41) is -0.236. The zero-order chi connectivity index (χ0) is 11.0. The van der Waals surface area contributed by atoms with E-state index in [9.17, 15) is 16.8 Å². The molecule has 14 heavy (non-hydrogen) atoms. The molecule has 78 valence electrons. The van der Waals surface area contributed by atoms with Gasteiger partial charge in [-0.15, -0.1) is 0 Å². The first-order chi connectivity index (χ1) is 6.21. The van der Waals surface area contributed by atoms with Crippen LogP contribution in [-0.4, -0.2) is 34.3 Å². The summed E-state index contributed by atoms with van der Waals surface area (Å²) in [5.41, 5.74) is 0. The SMILES string of the molecule is CS(=O)(=O)c1ccnc(S(C)(=O)=O)c1. The fourth-order valence-electron chi connectivity index (χ4n) is 0.825. The van der Waals surface area contributed by atoms with Gasteiger partial charge >= 0.3 is 0 Å². The summed E-state index contributed by atoms with van der Waals surface area (Å²) in [7, 11) is -6.85. The topological polar surface area (TPSA) is 81.2 Å². The maximum absolute atomic E-state index is 11.1. The van der Waals surface area contributed by atoms with Crippen LogP contribution < -0.4 is 0 Å². The Morgan fingerprint density at radius 1 is 1.07 bits per heavy atom. The number of nitrogens with zero attached hydrogens (tertiary/aromatic N) is 1. The monoisotopic (exact) mass is 235 g/mol. The second kappa shape index (κ2) is 3.32. The van der Waals surface area contributed by atoms with Crippen molar-refractivity contribution in [2.45, 2.75) is 9.92 Å². The summed E-state index contributed by atoms with van der Waals surface area (Å²) in [5.74, 6) is 0. The van der Waals surface area contributed by atoms with Gasteiger partial charge in [-0.2, -0.15) is 0 Å². The van der Waals surface area contributed by atoms with Gasteiger partial charge in [0.2, 0.25) is 0 Å². The van der Waals surface area contributed by atoms with Gasteiger partial charge in [-0.1, -0.05) is 0 Å². The van der Waals surface area contributed by atoms with Gasteiger partial charge in [0.05, 0.1) is 4.90 Å². The molecule has 1 aromatic heterocycles. The molecule has 0 spiro atoms. The third-order valence-electron chi connectivity index (χ3n) is 1.51. The standard InChI is InChI=1S/C7H9NO4S2/c1-13(9,10)6-3-4-8-7(5-6)14(2,11)12/h3-5H,1-2H3. The molecule has 0 aliphatic rings. The lowest BCUT2D eigenvalue weighted by atomic mass is 10.5. The lowest BCUT2D eigenvalue weighted by Crippen LogP contribution is -2.04. The highest BCUT2D eigenvalue weighted by Gasteiger charge is 2.13. The van der Waals surface area contributed by atoms with Crippen LogP contribution in [0.3, 0.4) is 0 Å². The molecule has 1 aromatic rings. The van der Waals surface area contributed by atoms with Gasteiger partial charge in [-0.05, 0) is 12.1 Å². The summed E-state index contributed by atoms with van der Waals surface area (Å²) < 4.78 is 44.3. The maximum Gasteiger partial charge on any atom is 0.192 e. The Bertz CT molecular complexity index is 498. The molecule has 0 aliphatic carbocycles. The van der Waals surface area contributed by atoms with E-state index >= 15 is 0 Å². The molecule has 1 rings (SSSR count). The van der Waals surface area contributed by atoms with E-state index in [1.165, 1.54) is 6.07 Å². The van der Waals surface area contributed by atoms with Crippen molar-refractivity contribution in [2.75, 3.05) is 12.5 Å². The summed E-state index contributed by atoms with van der Waals surface area (Å²) >= 11 is 0. The molecule has 0 unspecified atom stereocenters. The maximum atomic E-state index is 11.1. The first kappa shape index (κ1) is 11.1. The van der Waals surface area contributed by atoms with Crippen molar-refractivity contribution >= 4 is 19.7 Å². The molecule has 0 bridgehead atoms. The lowest BCUT2D eigenvalue weighted by molar-refractivity contribution is 0.596. The van der Waals surface area contributed by atoms with Gasteiger partial charge in [0.25, 0.3) is 0 Å². The molecule has 0 radical (unpaired) electrons. The van der Waals surface area contributed by atoms with E-state index < -0.39 is 19.7 Å². The van der Waals surface area contributed by atoms with Gasteiger partial charge in [-0.25, -0.2) is 21.8 Å². The van der Waals surface area contributed by atoms with Gasteiger partial charge in [0.15, 0.2) is 24.7 Å². The van der Waals surface area contributed by atoms with E-state index in [0.29, 0.717) is 0 Å². The molecule has 0 aliphatic heterocycles. The van der Waals surface area contributed by atoms with Gasteiger partial charge in [0, 0.05) is 18.7 Å². The van der Waals surface area contributed by atoms with Crippen LogP contribution in [0.1, 0.15) is 0 Å². The Hall–Kier alpha value is -0.950. The quantitative estimate of drug-likeness (QED) is 0.714. The Morgan fingerprint density at radius 2 is 1.64 bits per heavy atom. The summed E-state index contributed by atoms with van der Waals surface area (Å²) in [6.07, 6.45) is 3.14. The zero-order valence-electron chi connectivity index (χ0n) is 7.63. The van der Waals surface area contributed by atoms with Crippen LogP contribution in [-0.2, 0) is 19.7 Å². The molecule has 0 aromatic carbocycles. The molecule has 0 fully saturated rings. The predicted octanol–water partition coefficient (Wildman–Crippen LogP) is -0.111. The van der Waals surface area contributed by atoms with Crippen molar-refractivity contribution in [3.05, 3.63) is 18.3 Å². The third kappa shape index (κ3) is 2.52. The van der Waals surface area contributed by atoms with E-state index in [1.807, 2.05) is 0 Å². The Labute approximate surface area is 82.6 Å². The Kier molecular flexibility index (Phi) is 2.64. The molecule has 0 N–H and O–H groups in total. The van der Waals surface area contributed by atoms with Crippen LogP contribution in [0.25, 0.3) is 0 Å². The largest absolute Gasteiger partial charge is 0.245 e. The number of rotatable bonds is 2. The Balaban J connectivity index is 3.44. The summed E-state index contributed by atoms with van der Waals surface area (Å²) in [4.78, 5) is 3.52. The van der Waals surface area contributed by atoms with Crippen LogP contribution >= 0.6 is 0 Å². The fraction of sp³-hybridized carbons (Fsp3) is 0.286. The van der Waals surface area contributed by atoms with Crippen LogP contribution in [0.4, 0.5) is 0 Å². The van der Waals surface area contributed by atoms with E-state index in [-0.39, 0.29) is 9.92 Å². The summed E-state index contributed by atoms with van der Waals surface area (Å²) in [6, 6.07) is 2.30. The van der Waals surface area contributed by atoms with E-state index in [4.69, 9.17) is 0 Å². The van der Waals surface area contributed by atoms with Crippen LogP contribution in [0.5, 0.6) is 0 Å². The molecule has 1 heterocycles. The fourth-order valence-corrected chi connectivity index (χ4v) is 2.13. The zero-order valence-corrected chi connectivity index (χ0v) is 9.26. The normalized spacial score (nSPS) is 12.7. The van der Waals surface area contributed by atoms with Gasteiger partial charge in [-0.3, -0.25) is 0 Å². The minimum Gasteiger partial charge on any atom is -0.245 e. The highest BCUT2D eigenvalue weighted by Crippen LogP contribution is 2.12. The van der Waals surface area contributed by atoms with E-state index in [0.717, 1.165) is 24.8 Å². The predicted molar refractivity (Wildman–Crippen MR) is 50.5 cm³/mol. The van der Waals surface area contributed by atoms with Crippen molar-refractivity contribution in [3.63, 3.8) is 0 Å². The van der Waals surface area contributed by atoms with Crippen molar-refractivity contribution in [2.24, 2.45) is 0 Å².